The molecule has 3 rings (SSSR count). The SMILES string of the molecule is COc1ccc(/C=C/C2CC=CC(=O)C2C(C)=O)cc1OCc1ccccc1. The third-order valence-corrected chi connectivity index (χ3v) is 4.82. The third-order valence-electron chi connectivity index (χ3n) is 4.82. The zero-order valence-corrected chi connectivity index (χ0v) is 16.1. The summed E-state index contributed by atoms with van der Waals surface area (Å²) in [4.78, 5) is 23.9. The van der Waals surface area contributed by atoms with Crippen LogP contribution in [0.5, 0.6) is 11.5 Å². The van der Waals surface area contributed by atoms with Crippen molar-refractivity contribution in [1.29, 1.82) is 0 Å². The highest BCUT2D eigenvalue weighted by Crippen LogP contribution is 2.31. The molecular formula is C24H24O4. The van der Waals surface area contributed by atoms with Crippen LogP contribution in [-0.2, 0) is 16.2 Å². The summed E-state index contributed by atoms with van der Waals surface area (Å²) in [5.41, 5.74) is 2.00. The quantitative estimate of drug-likeness (QED) is 0.661. The first-order chi connectivity index (χ1) is 13.6. The van der Waals surface area contributed by atoms with Gasteiger partial charge in [-0.15, -0.1) is 0 Å². The third kappa shape index (κ3) is 4.77. The highest BCUT2D eigenvalue weighted by atomic mass is 16.5. The summed E-state index contributed by atoms with van der Waals surface area (Å²) in [6, 6.07) is 15.6. The molecule has 28 heavy (non-hydrogen) atoms. The molecule has 0 spiro atoms. The van der Waals surface area contributed by atoms with E-state index in [1.165, 1.54) is 13.0 Å². The first-order valence-electron chi connectivity index (χ1n) is 9.32. The molecule has 0 N–H and O–H groups in total. The molecule has 4 nitrogen and oxygen atoms in total. The molecule has 144 valence electrons. The van der Waals surface area contributed by atoms with Crippen molar-refractivity contribution in [2.45, 2.75) is 20.0 Å². The van der Waals surface area contributed by atoms with E-state index in [-0.39, 0.29) is 17.5 Å². The Labute approximate surface area is 165 Å². The van der Waals surface area contributed by atoms with E-state index in [1.54, 1.807) is 7.11 Å². The van der Waals surface area contributed by atoms with Crippen molar-refractivity contribution in [3.05, 3.63) is 77.9 Å². The van der Waals surface area contributed by atoms with Crippen molar-refractivity contribution in [3.8, 4) is 11.5 Å². The minimum absolute atomic E-state index is 0.0920. The Bertz CT molecular complexity index is 896. The van der Waals surface area contributed by atoms with E-state index in [1.807, 2.05) is 66.8 Å². The van der Waals surface area contributed by atoms with Crippen LogP contribution in [0.4, 0.5) is 0 Å². The van der Waals surface area contributed by atoms with Gasteiger partial charge in [-0.1, -0.05) is 54.6 Å². The molecule has 0 bridgehead atoms. The minimum Gasteiger partial charge on any atom is -0.493 e. The minimum atomic E-state index is -0.590. The number of ketones is 2. The number of carbonyl (C=O) groups excluding carboxylic acids is 2. The lowest BCUT2D eigenvalue weighted by atomic mass is 9.79. The molecule has 0 saturated carbocycles. The Morgan fingerprint density at radius 1 is 1.14 bits per heavy atom. The van der Waals surface area contributed by atoms with Crippen molar-refractivity contribution in [3.63, 3.8) is 0 Å². The Kier molecular flexibility index (Phi) is 6.43. The van der Waals surface area contributed by atoms with Crippen molar-refractivity contribution >= 4 is 17.6 Å². The molecule has 0 radical (unpaired) electrons. The van der Waals surface area contributed by atoms with E-state index in [0.29, 0.717) is 24.5 Å². The van der Waals surface area contributed by atoms with Crippen LogP contribution in [0.15, 0.2) is 66.8 Å². The van der Waals surface area contributed by atoms with Crippen LogP contribution in [-0.4, -0.2) is 18.7 Å². The second-order valence-corrected chi connectivity index (χ2v) is 6.84. The van der Waals surface area contributed by atoms with Gasteiger partial charge in [-0.2, -0.15) is 0 Å². The van der Waals surface area contributed by atoms with Crippen molar-refractivity contribution in [2.75, 3.05) is 7.11 Å². The number of ether oxygens (including phenoxy) is 2. The Morgan fingerprint density at radius 3 is 2.64 bits per heavy atom. The number of methoxy groups -OCH3 is 1. The molecule has 0 heterocycles. The van der Waals surface area contributed by atoms with Gasteiger partial charge >= 0.3 is 0 Å². The molecule has 0 fully saturated rings. The van der Waals surface area contributed by atoms with E-state index in [2.05, 4.69) is 0 Å². The number of hydrogen-bond donors (Lipinski definition) is 0. The maximum atomic E-state index is 12.0. The normalized spacial score (nSPS) is 19.0. The second-order valence-electron chi connectivity index (χ2n) is 6.84. The van der Waals surface area contributed by atoms with Crippen LogP contribution in [0.3, 0.4) is 0 Å². The first-order valence-corrected chi connectivity index (χ1v) is 9.32. The van der Waals surface area contributed by atoms with Crippen LogP contribution >= 0.6 is 0 Å². The van der Waals surface area contributed by atoms with Gasteiger partial charge < -0.3 is 9.47 Å². The largest absolute Gasteiger partial charge is 0.493 e. The lowest BCUT2D eigenvalue weighted by Crippen LogP contribution is -2.30. The summed E-state index contributed by atoms with van der Waals surface area (Å²) in [5, 5.41) is 0. The van der Waals surface area contributed by atoms with E-state index in [0.717, 1.165) is 11.1 Å². The van der Waals surface area contributed by atoms with Crippen LogP contribution < -0.4 is 9.47 Å². The van der Waals surface area contributed by atoms with Gasteiger partial charge in [0.15, 0.2) is 17.3 Å². The van der Waals surface area contributed by atoms with Gasteiger partial charge in [-0.25, -0.2) is 0 Å². The standard InChI is InChI=1S/C24H24O4/c1-17(25)24-20(9-6-10-21(24)26)13-11-18-12-14-22(27-2)23(15-18)28-16-19-7-4-3-5-8-19/h3-8,10-15,20,24H,9,16H2,1-2H3/b13-11+. The molecular weight excluding hydrogens is 352 g/mol. The summed E-state index contributed by atoms with van der Waals surface area (Å²) < 4.78 is 11.3. The summed E-state index contributed by atoms with van der Waals surface area (Å²) in [5.74, 6) is 0.390. The van der Waals surface area contributed by atoms with Crippen LogP contribution in [0.25, 0.3) is 6.08 Å². The van der Waals surface area contributed by atoms with Crippen molar-refractivity contribution < 1.29 is 19.1 Å². The zero-order valence-electron chi connectivity index (χ0n) is 16.1. The molecule has 0 aliphatic heterocycles. The fraction of sp³-hybridized carbons (Fsp3) is 0.250. The fourth-order valence-electron chi connectivity index (χ4n) is 3.36. The maximum absolute atomic E-state index is 12.0. The molecule has 2 atom stereocenters. The Morgan fingerprint density at radius 2 is 1.93 bits per heavy atom. The molecule has 2 aromatic carbocycles. The maximum Gasteiger partial charge on any atom is 0.166 e. The molecule has 0 amide bonds. The highest BCUT2D eigenvalue weighted by Gasteiger charge is 2.30. The molecule has 1 aliphatic rings. The topological polar surface area (TPSA) is 52.6 Å². The van der Waals surface area contributed by atoms with E-state index in [9.17, 15) is 9.59 Å². The molecule has 2 aromatic rings. The molecule has 2 unspecified atom stereocenters. The average molecular weight is 376 g/mol. The molecule has 4 heteroatoms. The van der Waals surface area contributed by atoms with Gasteiger partial charge in [-0.3, -0.25) is 9.59 Å². The van der Waals surface area contributed by atoms with Crippen LogP contribution in [0.1, 0.15) is 24.5 Å². The summed E-state index contributed by atoms with van der Waals surface area (Å²) in [6.07, 6.45) is 7.90. The van der Waals surface area contributed by atoms with E-state index >= 15 is 0 Å². The number of Topliss-reactive ketones (excluding diaryl/α,β-unsaturated/α-hetero) is 1. The van der Waals surface area contributed by atoms with Crippen molar-refractivity contribution in [2.24, 2.45) is 11.8 Å². The van der Waals surface area contributed by atoms with Gasteiger partial charge in [0.2, 0.25) is 0 Å². The number of benzene rings is 2. The Hall–Kier alpha value is -3.14. The fourth-order valence-corrected chi connectivity index (χ4v) is 3.36. The van der Waals surface area contributed by atoms with Gasteiger partial charge in [0.05, 0.1) is 13.0 Å². The number of carbonyl (C=O) groups is 2. The van der Waals surface area contributed by atoms with E-state index < -0.39 is 5.92 Å². The first kappa shape index (κ1) is 19.6. The van der Waals surface area contributed by atoms with Crippen LogP contribution in [0, 0.1) is 11.8 Å². The Balaban J connectivity index is 1.77. The predicted octanol–water partition coefficient (Wildman–Crippen LogP) is 4.64. The van der Waals surface area contributed by atoms with Crippen LogP contribution in [0.2, 0.25) is 0 Å². The van der Waals surface area contributed by atoms with Gasteiger partial charge in [0.1, 0.15) is 12.4 Å². The molecule has 0 aromatic heterocycles. The monoisotopic (exact) mass is 376 g/mol. The summed E-state index contributed by atoms with van der Waals surface area (Å²) in [7, 11) is 1.61. The highest BCUT2D eigenvalue weighted by molar-refractivity contribution is 6.07. The lowest BCUT2D eigenvalue weighted by Gasteiger charge is -2.22. The summed E-state index contributed by atoms with van der Waals surface area (Å²) in [6.45, 7) is 1.92. The van der Waals surface area contributed by atoms with Gasteiger partial charge in [0, 0.05) is 0 Å². The molecule has 0 saturated heterocycles. The lowest BCUT2D eigenvalue weighted by molar-refractivity contribution is -0.130. The smallest absolute Gasteiger partial charge is 0.166 e. The number of allylic oxidation sites excluding steroid dienone is 3. The van der Waals surface area contributed by atoms with E-state index in [4.69, 9.17) is 9.47 Å². The van der Waals surface area contributed by atoms with Gasteiger partial charge in [0.25, 0.3) is 0 Å². The van der Waals surface area contributed by atoms with Gasteiger partial charge in [-0.05, 0) is 48.6 Å². The number of hydrogen-bond acceptors (Lipinski definition) is 4. The average Bonchev–Trinajstić information content (AvgIpc) is 2.71. The zero-order chi connectivity index (χ0) is 19.9. The predicted molar refractivity (Wildman–Crippen MR) is 109 cm³/mol. The molecule has 1 aliphatic carbocycles. The van der Waals surface area contributed by atoms with Crippen molar-refractivity contribution in [1.82, 2.24) is 0 Å². The second kappa shape index (κ2) is 9.18. The number of rotatable bonds is 7. The summed E-state index contributed by atoms with van der Waals surface area (Å²) >= 11 is 0.